The minimum Gasteiger partial charge on any atom is -0.322 e. The molecule has 0 aromatic heterocycles. The van der Waals surface area contributed by atoms with Crippen LogP contribution in [0.3, 0.4) is 0 Å². The first kappa shape index (κ1) is 13.6. The molecule has 18 heavy (non-hydrogen) atoms. The van der Waals surface area contributed by atoms with E-state index in [4.69, 9.17) is 5.73 Å². The number of nitrogens with zero attached hydrogens (tertiary/aromatic N) is 1. The Hall–Kier alpha value is -0.860. The van der Waals surface area contributed by atoms with Gasteiger partial charge in [0.25, 0.3) is 0 Å². The van der Waals surface area contributed by atoms with Gasteiger partial charge in [-0.05, 0) is 57.8 Å². The fourth-order valence-electron chi connectivity index (χ4n) is 2.54. The van der Waals surface area contributed by atoms with Gasteiger partial charge in [-0.15, -0.1) is 0 Å². The molecule has 0 amide bonds. The van der Waals surface area contributed by atoms with Crippen LogP contribution in [0.2, 0.25) is 0 Å². The predicted octanol–water partition coefficient (Wildman–Crippen LogP) is 3.29. The van der Waals surface area contributed by atoms with Crippen molar-refractivity contribution in [3.63, 3.8) is 0 Å². The van der Waals surface area contributed by atoms with E-state index in [1.807, 2.05) is 0 Å². The van der Waals surface area contributed by atoms with Gasteiger partial charge in [-0.25, -0.2) is 0 Å². The van der Waals surface area contributed by atoms with Crippen molar-refractivity contribution < 1.29 is 0 Å². The van der Waals surface area contributed by atoms with Crippen LogP contribution in [0.15, 0.2) is 24.3 Å². The van der Waals surface area contributed by atoms with E-state index in [0.717, 1.165) is 5.92 Å². The number of hydrogen-bond donors (Lipinski definition) is 1. The van der Waals surface area contributed by atoms with Gasteiger partial charge in [0.2, 0.25) is 0 Å². The molecule has 100 valence electrons. The Bertz CT molecular complexity index is 405. The zero-order chi connectivity index (χ0) is 13.3. The molecule has 2 heteroatoms. The molecule has 1 aliphatic carbocycles. The van der Waals surface area contributed by atoms with Crippen molar-refractivity contribution in [1.29, 1.82) is 0 Å². The predicted molar refractivity (Wildman–Crippen MR) is 77.7 cm³/mol. The second-order valence-electron chi connectivity index (χ2n) is 6.28. The second kappa shape index (κ2) is 5.02. The minimum atomic E-state index is -0.0279. The monoisotopic (exact) mass is 246 g/mol. The fourth-order valence-corrected chi connectivity index (χ4v) is 2.54. The van der Waals surface area contributed by atoms with Crippen molar-refractivity contribution in [3.8, 4) is 0 Å². The van der Waals surface area contributed by atoms with E-state index in [1.165, 1.54) is 30.4 Å². The van der Waals surface area contributed by atoms with Crippen LogP contribution in [0.5, 0.6) is 0 Å². The molecule has 0 spiro atoms. The third kappa shape index (κ3) is 2.32. The highest BCUT2D eigenvalue weighted by Gasteiger charge is 2.33. The number of nitrogens with two attached hydrogens (primary N) is 1. The van der Waals surface area contributed by atoms with Crippen molar-refractivity contribution in [3.05, 3.63) is 35.4 Å². The van der Waals surface area contributed by atoms with Gasteiger partial charge >= 0.3 is 0 Å². The lowest BCUT2D eigenvalue weighted by Gasteiger charge is -2.40. The second-order valence-corrected chi connectivity index (χ2v) is 6.28. The lowest BCUT2D eigenvalue weighted by molar-refractivity contribution is 0.158. The Morgan fingerprint density at radius 1 is 1.22 bits per heavy atom. The smallest absolute Gasteiger partial charge is 0.0479 e. The maximum atomic E-state index is 6.55. The first-order valence-electron chi connectivity index (χ1n) is 6.96. The van der Waals surface area contributed by atoms with E-state index in [-0.39, 0.29) is 11.6 Å². The van der Waals surface area contributed by atoms with Crippen LogP contribution >= 0.6 is 0 Å². The van der Waals surface area contributed by atoms with Crippen molar-refractivity contribution >= 4 is 0 Å². The molecule has 1 fully saturated rings. The zero-order valence-electron chi connectivity index (χ0n) is 12.1. The molecule has 0 radical (unpaired) electrons. The lowest BCUT2D eigenvalue weighted by Crippen LogP contribution is -2.47. The molecule has 1 unspecified atom stereocenters. The summed E-state index contributed by atoms with van der Waals surface area (Å²) < 4.78 is 0. The van der Waals surface area contributed by atoms with Gasteiger partial charge in [-0.3, -0.25) is 0 Å². The Balaban J connectivity index is 2.32. The van der Waals surface area contributed by atoms with Gasteiger partial charge < -0.3 is 10.6 Å². The molecule has 0 aliphatic heterocycles. The molecule has 0 bridgehead atoms. The summed E-state index contributed by atoms with van der Waals surface area (Å²) in [5.74, 6) is 0.741. The number of hydrogen-bond acceptors (Lipinski definition) is 2. The molecule has 0 saturated heterocycles. The molecule has 1 saturated carbocycles. The molecule has 2 rings (SSSR count). The summed E-state index contributed by atoms with van der Waals surface area (Å²) in [7, 11) is 4.21. The normalized spacial score (nSPS) is 18.8. The highest BCUT2D eigenvalue weighted by Crippen LogP contribution is 2.41. The van der Waals surface area contributed by atoms with Crippen LogP contribution in [0, 0.1) is 0 Å². The molecule has 2 N–H and O–H groups in total. The lowest BCUT2D eigenvalue weighted by atomic mass is 9.75. The first-order chi connectivity index (χ1) is 8.44. The Labute approximate surface area is 111 Å². The molecule has 2 nitrogen and oxygen atoms in total. The van der Waals surface area contributed by atoms with E-state index in [9.17, 15) is 0 Å². The average molecular weight is 246 g/mol. The Morgan fingerprint density at radius 2 is 1.83 bits per heavy atom. The third-order valence-electron chi connectivity index (χ3n) is 4.79. The molecule has 0 heterocycles. The van der Waals surface area contributed by atoms with Gasteiger partial charge in [0.15, 0.2) is 0 Å². The maximum Gasteiger partial charge on any atom is 0.0479 e. The molecular formula is C16H26N2. The SMILES string of the molecule is CN(C)C(C)(C)C(N)c1ccccc1C1CCC1. The Kier molecular flexibility index (Phi) is 3.79. The number of rotatable bonds is 4. The van der Waals surface area contributed by atoms with E-state index in [0.29, 0.717) is 0 Å². The minimum absolute atomic E-state index is 0.0279. The summed E-state index contributed by atoms with van der Waals surface area (Å²) in [4.78, 5) is 2.22. The number of benzene rings is 1. The topological polar surface area (TPSA) is 29.3 Å². The third-order valence-corrected chi connectivity index (χ3v) is 4.79. The van der Waals surface area contributed by atoms with E-state index < -0.39 is 0 Å². The standard InChI is InChI=1S/C16H26N2/c1-16(2,18(3)4)15(17)14-11-6-5-10-13(14)12-8-7-9-12/h5-6,10-12,15H,7-9,17H2,1-4H3. The van der Waals surface area contributed by atoms with Crippen LogP contribution in [-0.4, -0.2) is 24.5 Å². The quantitative estimate of drug-likeness (QED) is 0.883. The molecule has 1 aromatic rings. The van der Waals surface area contributed by atoms with Crippen LogP contribution < -0.4 is 5.73 Å². The highest BCUT2D eigenvalue weighted by atomic mass is 15.2. The van der Waals surface area contributed by atoms with Crippen LogP contribution in [-0.2, 0) is 0 Å². The summed E-state index contributed by atoms with van der Waals surface area (Å²) in [6, 6.07) is 8.80. The van der Waals surface area contributed by atoms with E-state index in [2.05, 4.69) is 57.1 Å². The van der Waals surface area contributed by atoms with E-state index >= 15 is 0 Å². The summed E-state index contributed by atoms with van der Waals surface area (Å²) in [6.45, 7) is 4.43. The van der Waals surface area contributed by atoms with Crippen molar-refractivity contribution in [1.82, 2.24) is 4.90 Å². The molecule has 1 atom stereocenters. The summed E-state index contributed by atoms with van der Waals surface area (Å²) in [5.41, 5.74) is 9.33. The first-order valence-corrected chi connectivity index (χ1v) is 6.96. The van der Waals surface area contributed by atoms with Crippen molar-refractivity contribution in [2.24, 2.45) is 5.73 Å². The van der Waals surface area contributed by atoms with Gasteiger partial charge in [-0.2, -0.15) is 0 Å². The van der Waals surface area contributed by atoms with Gasteiger partial charge in [-0.1, -0.05) is 30.7 Å². The van der Waals surface area contributed by atoms with Gasteiger partial charge in [0, 0.05) is 11.6 Å². The Morgan fingerprint density at radius 3 is 2.33 bits per heavy atom. The number of likely N-dealkylation sites (N-methyl/N-ethyl adjacent to an activating group) is 1. The van der Waals surface area contributed by atoms with Crippen molar-refractivity contribution in [2.45, 2.75) is 50.6 Å². The molecule has 1 aliphatic rings. The van der Waals surface area contributed by atoms with Gasteiger partial charge in [0.05, 0.1) is 0 Å². The van der Waals surface area contributed by atoms with E-state index in [1.54, 1.807) is 0 Å². The van der Waals surface area contributed by atoms with Crippen LogP contribution in [0.4, 0.5) is 0 Å². The summed E-state index contributed by atoms with van der Waals surface area (Å²) in [5, 5.41) is 0. The average Bonchev–Trinajstić information content (AvgIpc) is 2.26. The fraction of sp³-hybridized carbons (Fsp3) is 0.625. The maximum absolute atomic E-state index is 6.55. The van der Waals surface area contributed by atoms with Crippen LogP contribution in [0.25, 0.3) is 0 Å². The zero-order valence-corrected chi connectivity index (χ0v) is 12.1. The highest BCUT2D eigenvalue weighted by molar-refractivity contribution is 5.35. The largest absolute Gasteiger partial charge is 0.322 e. The van der Waals surface area contributed by atoms with Crippen molar-refractivity contribution in [2.75, 3.05) is 14.1 Å². The van der Waals surface area contributed by atoms with Gasteiger partial charge in [0.1, 0.15) is 0 Å². The van der Waals surface area contributed by atoms with Crippen LogP contribution in [0.1, 0.15) is 56.2 Å². The molecule has 1 aromatic carbocycles. The molecular weight excluding hydrogens is 220 g/mol. The summed E-state index contributed by atoms with van der Waals surface area (Å²) in [6.07, 6.45) is 4.02. The summed E-state index contributed by atoms with van der Waals surface area (Å²) >= 11 is 0.